The number of phenols is 1. The molecule has 0 saturated carbocycles. The lowest BCUT2D eigenvalue weighted by molar-refractivity contribution is 0.200. The Morgan fingerprint density at radius 1 is 1.44 bits per heavy atom. The van der Waals surface area contributed by atoms with Crippen molar-refractivity contribution in [2.45, 2.75) is 0 Å². The fourth-order valence-electron chi connectivity index (χ4n) is 1.11. The van der Waals surface area contributed by atoms with Crippen molar-refractivity contribution in [3.63, 3.8) is 0 Å². The highest BCUT2D eigenvalue weighted by atomic mass is 16.5. The van der Waals surface area contributed by atoms with Gasteiger partial charge in [0.25, 0.3) is 0 Å². The van der Waals surface area contributed by atoms with Crippen LogP contribution in [0, 0.1) is 0 Å². The van der Waals surface area contributed by atoms with Crippen LogP contribution in [0.3, 0.4) is 0 Å². The average molecular weight is 224 g/mol. The van der Waals surface area contributed by atoms with Crippen molar-refractivity contribution < 1.29 is 14.6 Å². The van der Waals surface area contributed by atoms with Crippen LogP contribution in [-0.2, 0) is 4.74 Å². The second kappa shape index (κ2) is 6.68. The van der Waals surface area contributed by atoms with Crippen LogP contribution < -0.4 is 10.2 Å². The fraction of sp³-hybridized carbons (Fsp3) is 0.364. The predicted octanol–water partition coefficient (Wildman–Crippen LogP) is 0.971. The first-order valence-electron chi connectivity index (χ1n) is 4.89. The number of benzene rings is 1. The Morgan fingerprint density at radius 2 is 2.25 bits per heavy atom. The molecular formula is C11H16N2O3. The van der Waals surface area contributed by atoms with E-state index in [9.17, 15) is 5.11 Å². The lowest BCUT2D eigenvalue weighted by atomic mass is 10.2. The van der Waals surface area contributed by atoms with Gasteiger partial charge in [0.05, 0.1) is 26.5 Å². The second-order valence-electron chi connectivity index (χ2n) is 3.09. The summed E-state index contributed by atoms with van der Waals surface area (Å²) < 4.78 is 9.84. The van der Waals surface area contributed by atoms with E-state index in [4.69, 9.17) is 9.47 Å². The quantitative estimate of drug-likeness (QED) is 0.429. The number of hydrogen-bond acceptors (Lipinski definition) is 5. The van der Waals surface area contributed by atoms with Crippen molar-refractivity contribution in [3.05, 3.63) is 23.8 Å². The largest absolute Gasteiger partial charge is 0.504 e. The number of nitrogens with one attached hydrogen (secondary N) is 1. The van der Waals surface area contributed by atoms with Gasteiger partial charge in [-0.2, -0.15) is 5.10 Å². The number of methoxy groups -OCH3 is 2. The summed E-state index contributed by atoms with van der Waals surface area (Å²) in [6, 6.07) is 5.02. The van der Waals surface area contributed by atoms with Gasteiger partial charge in [-0.25, -0.2) is 0 Å². The van der Waals surface area contributed by atoms with Crippen LogP contribution in [0.5, 0.6) is 11.5 Å². The van der Waals surface area contributed by atoms with E-state index in [-0.39, 0.29) is 5.75 Å². The van der Waals surface area contributed by atoms with E-state index < -0.39 is 0 Å². The van der Waals surface area contributed by atoms with Gasteiger partial charge in [0.2, 0.25) is 0 Å². The maximum Gasteiger partial charge on any atom is 0.161 e. The van der Waals surface area contributed by atoms with Crippen LogP contribution in [-0.4, -0.2) is 38.7 Å². The van der Waals surface area contributed by atoms with Crippen molar-refractivity contribution in [3.8, 4) is 11.5 Å². The smallest absolute Gasteiger partial charge is 0.161 e. The number of rotatable bonds is 6. The molecule has 0 aromatic heterocycles. The zero-order valence-corrected chi connectivity index (χ0v) is 9.43. The molecule has 88 valence electrons. The molecule has 1 aromatic rings. The van der Waals surface area contributed by atoms with Gasteiger partial charge in [0.15, 0.2) is 11.5 Å². The zero-order valence-electron chi connectivity index (χ0n) is 9.43. The molecule has 1 aromatic carbocycles. The first-order chi connectivity index (χ1) is 7.77. The summed E-state index contributed by atoms with van der Waals surface area (Å²) >= 11 is 0. The zero-order chi connectivity index (χ0) is 11.8. The van der Waals surface area contributed by atoms with Gasteiger partial charge in [-0.05, 0) is 23.8 Å². The number of phenolic OH excluding ortho intramolecular Hbond substituents is 1. The minimum atomic E-state index is 0.118. The molecule has 0 bridgehead atoms. The Morgan fingerprint density at radius 3 is 2.94 bits per heavy atom. The monoisotopic (exact) mass is 224 g/mol. The first-order valence-corrected chi connectivity index (χ1v) is 4.89. The molecule has 0 saturated heterocycles. The van der Waals surface area contributed by atoms with Gasteiger partial charge < -0.3 is 20.0 Å². The van der Waals surface area contributed by atoms with E-state index in [0.29, 0.717) is 18.9 Å². The van der Waals surface area contributed by atoms with Gasteiger partial charge in [0.1, 0.15) is 0 Å². The summed E-state index contributed by atoms with van der Waals surface area (Å²) in [6.45, 7) is 1.26. The molecule has 0 atom stereocenters. The lowest BCUT2D eigenvalue weighted by Gasteiger charge is -2.03. The summed E-state index contributed by atoms with van der Waals surface area (Å²) in [5, 5.41) is 13.4. The van der Waals surface area contributed by atoms with Crippen LogP contribution in [0.1, 0.15) is 5.56 Å². The van der Waals surface area contributed by atoms with Gasteiger partial charge in [-0.15, -0.1) is 0 Å². The Bertz CT molecular complexity index is 353. The van der Waals surface area contributed by atoms with E-state index in [1.165, 1.54) is 7.11 Å². The summed E-state index contributed by atoms with van der Waals surface area (Å²) in [5.74, 6) is 0.549. The third-order valence-electron chi connectivity index (χ3n) is 1.93. The van der Waals surface area contributed by atoms with E-state index in [2.05, 4.69) is 10.5 Å². The number of nitrogens with zero attached hydrogens (tertiary/aromatic N) is 1. The molecule has 0 aliphatic rings. The highest BCUT2D eigenvalue weighted by Gasteiger charge is 2.00. The number of ether oxygens (including phenoxy) is 2. The molecule has 0 amide bonds. The third-order valence-corrected chi connectivity index (χ3v) is 1.93. The third kappa shape index (κ3) is 3.78. The highest BCUT2D eigenvalue weighted by Crippen LogP contribution is 2.25. The normalized spacial score (nSPS) is 10.6. The summed E-state index contributed by atoms with van der Waals surface area (Å²) in [5.41, 5.74) is 3.67. The van der Waals surface area contributed by atoms with Crippen LogP contribution in [0.15, 0.2) is 23.3 Å². The summed E-state index contributed by atoms with van der Waals surface area (Å²) in [6.07, 6.45) is 1.65. The van der Waals surface area contributed by atoms with Gasteiger partial charge in [-0.3, -0.25) is 0 Å². The van der Waals surface area contributed by atoms with E-state index in [0.717, 1.165) is 5.56 Å². The molecule has 0 fully saturated rings. The Labute approximate surface area is 94.7 Å². The van der Waals surface area contributed by atoms with Gasteiger partial charge >= 0.3 is 0 Å². The molecule has 0 heterocycles. The Balaban J connectivity index is 2.53. The van der Waals surface area contributed by atoms with Crippen molar-refractivity contribution in [2.24, 2.45) is 5.10 Å². The summed E-state index contributed by atoms with van der Waals surface area (Å²) in [4.78, 5) is 0. The van der Waals surface area contributed by atoms with Crippen molar-refractivity contribution in [2.75, 3.05) is 27.4 Å². The SMILES string of the molecule is COCCNN=Cc1ccc(O)c(OC)c1. The van der Waals surface area contributed by atoms with Crippen LogP contribution in [0.25, 0.3) is 0 Å². The number of hydrazone groups is 1. The van der Waals surface area contributed by atoms with Gasteiger partial charge in [-0.1, -0.05) is 0 Å². The molecule has 2 N–H and O–H groups in total. The lowest BCUT2D eigenvalue weighted by Crippen LogP contribution is -2.12. The highest BCUT2D eigenvalue weighted by molar-refractivity contribution is 5.80. The maximum atomic E-state index is 9.37. The minimum absolute atomic E-state index is 0.118. The molecule has 0 radical (unpaired) electrons. The predicted molar refractivity (Wildman–Crippen MR) is 62.1 cm³/mol. The minimum Gasteiger partial charge on any atom is -0.504 e. The Hall–Kier alpha value is -1.75. The van der Waals surface area contributed by atoms with Crippen LogP contribution >= 0.6 is 0 Å². The molecule has 0 spiro atoms. The van der Waals surface area contributed by atoms with Gasteiger partial charge in [0, 0.05) is 7.11 Å². The van der Waals surface area contributed by atoms with Crippen molar-refractivity contribution in [1.29, 1.82) is 0 Å². The fourth-order valence-corrected chi connectivity index (χ4v) is 1.11. The number of hydrogen-bond donors (Lipinski definition) is 2. The molecule has 0 aliphatic carbocycles. The summed E-state index contributed by atoms with van der Waals surface area (Å²) in [7, 11) is 3.14. The second-order valence-corrected chi connectivity index (χ2v) is 3.09. The molecule has 5 nitrogen and oxygen atoms in total. The number of aromatic hydroxyl groups is 1. The maximum absolute atomic E-state index is 9.37. The Kier molecular flexibility index (Phi) is 5.15. The van der Waals surface area contributed by atoms with Crippen molar-refractivity contribution in [1.82, 2.24) is 5.43 Å². The standard InChI is InChI=1S/C11H16N2O3/c1-15-6-5-12-13-8-9-3-4-10(14)11(7-9)16-2/h3-4,7-8,12,14H,5-6H2,1-2H3. The molecule has 0 aliphatic heterocycles. The molecule has 0 unspecified atom stereocenters. The van der Waals surface area contributed by atoms with E-state index >= 15 is 0 Å². The van der Waals surface area contributed by atoms with Crippen molar-refractivity contribution >= 4 is 6.21 Å². The molecule has 16 heavy (non-hydrogen) atoms. The first kappa shape index (κ1) is 12.3. The molecular weight excluding hydrogens is 208 g/mol. The van der Waals surface area contributed by atoms with E-state index in [1.54, 1.807) is 31.5 Å². The molecule has 1 rings (SSSR count). The average Bonchev–Trinajstić information content (AvgIpc) is 2.31. The topological polar surface area (TPSA) is 63.1 Å². The van der Waals surface area contributed by atoms with E-state index in [1.807, 2.05) is 0 Å². The molecule has 5 heteroatoms. The van der Waals surface area contributed by atoms with Crippen LogP contribution in [0.2, 0.25) is 0 Å². The van der Waals surface area contributed by atoms with Crippen LogP contribution in [0.4, 0.5) is 0 Å².